The van der Waals surface area contributed by atoms with Crippen LogP contribution in [0.15, 0.2) is 47.4 Å². The average Bonchev–Trinajstić information content (AvgIpc) is 3.32. The maximum atomic E-state index is 13.1. The summed E-state index contributed by atoms with van der Waals surface area (Å²) in [7, 11) is -1.80. The van der Waals surface area contributed by atoms with Crippen LogP contribution in [0.2, 0.25) is 5.02 Å². The zero-order valence-corrected chi connectivity index (χ0v) is 20.5. The molecule has 1 N–H and O–H groups in total. The number of hydrogen-bond donors (Lipinski definition) is 1. The summed E-state index contributed by atoms with van der Waals surface area (Å²) in [5.41, 5.74) is 2.54. The van der Waals surface area contributed by atoms with Gasteiger partial charge in [0.25, 0.3) is 5.91 Å². The molecule has 33 heavy (non-hydrogen) atoms. The highest BCUT2D eigenvalue weighted by Crippen LogP contribution is 2.26. The molecule has 0 radical (unpaired) electrons. The number of benzene rings is 2. The van der Waals surface area contributed by atoms with Gasteiger partial charge in [-0.15, -0.1) is 0 Å². The molecule has 1 amide bonds. The normalized spacial score (nSPS) is 18.5. The summed E-state index contributed by atoms with van der Waals surface area (Å²) in [5.74, 6) is -0.331. The topological polar surface area (TPSA) is 73.0 Å². The first-order chi connectivity index (χ1) is 15.8. The standard InChI is InChI=1S/C24H31ClN4O3S/c1-27-12-14-29(15-13-27)33(31,32)23-16-21(8-9-22(23)25)24(30)26-17-19-4-6-20(7-5-19)18-28-10-2-3-11-28/h4-9,16H,2-3,10-15,17-18H2,1H3,(H,26,30). The van der Waals surface area contributed by atoms with E-state index in [2.05, 4.69) is 27.2 Å². The lowest BCUT2D eigenvalue weighted by atomic mass is 10.1. The fraction of sp³-hybridized carbons (Fsp3) is 0.458. The number of rotatable bonds is 7. The van der Waals surface area contributed by atoms with Crippen molar-refractivity contribution in [2.75, 3.05) is 46.3 Å². The second kappa shape index (κ2) is 10.5. The first-order valence-electron chi connectivity index (χ1n) is 11.4. The van der Waals surface area contributed by atoms with Gasteiger partial charge in [-0.05, 0) is 62.3 Å². The predicted octanol–water partition coefficient (Wildman–Crippen LogP) is 2.80. The van der Waals surface area contributed by atoms with E-state index < -0.39 is 10.0 Å². The summed E-state index contributed by atoms with van der Waals surface area (Å²) in [4.78, 5) is 17.3. The lowest BCUT2D eigenvalue weighted by Gasteiger charge is -2.31. The Morgan fingerprint density at radius 2 is 1.58 bits per heavy atom. The molecule has 4 rings (SSSR count). The Labute approximate surface area is 201 Å². The van der Waals surface area contributed by atoms with Crippen molar-refractivity contribution < 1.29 is 13.2 Å². The Balaban J connectivity index is 1.39. The third-order valence-electron chi connectivity index (χ3n) is 6.35. The van der Waals surface area contributed by atoms with Crippen molar-refractivity contribution in [3.63, 3.8) is 0 Å². The molecule has 0 atom stereocenters. The number of sulfonamides is 1. The van der Waals surface area contributed by atoms with Crippen LogP contribution >= 0.6 is 11.6 Å². The minimum Gasteiger partial charge on any atom is -0.348 e. The van der Waals surface area contributed by atoms with Crippen LogP contribution in [0.1, 0.15) is 34.3 Å². The van der Waals surface area contributed by atoms with Gasteiger partial charge in [0.15, 0.2) is 0 Å². The van der Waals surface area contributed by atoms with E-state index in [-0.39, 0.29) is 21.4 Å². The Bertz CT molecular complexity index is 1080. The number of carbonyl (C=O) groups is 1. The fourth-order valence-electron chi connectivity index (χ4n) is 4.26. The van der Waals surface area contributed by atoms with Crippen molar-refractivity contribution >= 4 is 27.5 Å². The van der Waals surface area contributed by atoms with Gasteiger partial charge in [-0.3, -0.25) is 9.69 Å². The van der Waals surface area contributed by atoms with E-state index in [0.29, 0.717) is 32.7 Å². The monoisotopic (exact) mass is 490 g/mol. The van der Waals surface area contributed by atoms with Crippen LogP contribution in [0.25, 0.3) is 0 Å². The van der Waals surface area contributed by atoms with Crippen molar-refractivity contribution in [2.24, 2.45) is 0 Å². The SMILES string of the molecule is CN1CCN(S(=O)(=O)c2cc(C(=O)NCc3ccc(CN4CCCC4)cc3)ccc2Cl)CC1. The van der Waals surface area contributed by atoms with Crippen molar-refractivity contribution in [2.45, 2.75) is 30.8 Å². The van der Waals surface area contributed by atoms with E-state index in [1.807, 2.05) is 19.2 Å². The summed E-state index contributed by atoms with van der Waals surface area (Å²) in [6.45, 7) is 5.77. The third-order valence-corrected chi connectivity index (χ3v) is 8.73. The number of likely N-dealkylation sites (tertiary alicyclic amines) is 1. The van der Waals surface area contributed by atoms with E-state index in [1.165, 1.54) is 34.8 Å². The summed E-state index contributed by atoms with van der Waals surface area (Å²) < 4.78 is 27.7. The van der Waals surface area contributed by atoms with Gasteiger partial charge in [0.05, 0.1) is 5.02 Å². The van der Waals surface area contributed by atoms with E-state index in [0.717, 1.165) is 25.2 Å². The van der Waals surface area contributed by atoms with Gasteiger partial charge in [-0.2, -0.15) is 4.31 Å². The number of nitrogens with one attached hydrogen (secondary N) is 1. The quantitative estimate of drug-likeness (QED) is 0.646. The molecule has 2 saturated heterocycles. The Hall–Kier alpha value is -1.97. The van der Waals surface area contributed by atoms with Crippen LogP contribution in [-0.4, -0.2) is 74.7 Å². The van der Waals surface area contributed by atoms with Gasteiger partial charge in [0, 0.05) is 44.8 Å². The summed E-state index contributed by atoms with van der Waals surface area (Å²) in [6.07, 6.45) is 2.54. The number of likely N-dealkylation sites (N-methyl/N-ethyl adjacent to an activating group) is 1. The maximum Gasteiger partial charge on any atom is 0.251 e. The molecule has 0 spiro atoms. The molecular formula is C24H31ClN4O3S. The van der Waals surface area contributed by atoms with Gasteiger partial charge in [0.2, 0.25) is 10.0 Å². The number of amides is 1. The van der Waals surface area contributed by atoms with Gasteiger partial charge in [-0.25, -0.2) is 8.42 Å². The maximum absolute atomic E-state index is 13.1. The molecule has 0 aromatic heterocycles. The van der Waals surface area contributed by atoms with Gasteiger partial charge in [-0.1, -0.05) is 35.9 Å². The zero-order chi connectivity index (χ0) is 23.4. The van der Waals surface area contributed by atoms with Crippen molar-refractivity contribution in [3.8, 4) is 0 Å². The van der Waals surface area contributed by atoms with E-state index >= 15 is 0 Å². The molecule has 178 valence electrons. The lowest BCUT2D eigenvalue weighted by molar-refractivity contribution is 0.0950. The molecule has 2 aliphatic rings. The molecule has 0 bridgehead atoms. The van der Waals surface area contributed by atoms with E-state index in [4.69, 9.17) is 11.6 Å². The van der Waals surface area contributed by atoms with Crippen molar-refractivity contribution in [1.29, 1.82) is 0 Å². The van der Waals surface area contributed by atoms with Crippen LogP contribution in [0.4, 0.5) is 0 Å². The fourth-order valence-corrected chi connectivity index (χ4v) is 6.18. The Morgan fingerprint density at radius 3 is 2.24 bits per heavy atom. The van der Waals surface area contributed by atoms with Crippen molar-refractivity contribution in [1.82, 2.24) is 19.4 Å². The number of hydrogen-bond acceptors (Lipinski definition) is 5. The molecule has 2 aromatic carbocycles. The predicted molar refractivity (Wildman–Crippen MR) is 130 cm³/mol. The summed E-state index contributed by atoms with van der Waals surface area (Å²) >= 11 is 6.23. The van der Waals surface area contributed by atoms with E-state index in [1.54, 1.807) is 6.07 Å². The number of halogens is 1. The number of piperazine rings is 1. The first kappa shape index (κ1) is 24.2. The third kappa shape index (κ3) is 5.94. The molecule has 9 heteroatoms. The van der Waals surface area contributed by atoms with Crippen molar-refractivity contribution in [3.05, 3.63) is 64.2 Å². The van der Waals surface area contributed by atoms with Crippen LogP contribution in [0.5, 0.6) is 0 Å². The molecular weight excluding hydrogens is 460 g/mol. The average molecular weight is 491 g/mol. The highest BCUT2D eigenvalue weighted by Gasteiger charge is 2.30. The van der Waals surface area contributed by atoms with Crippen LogP contribution in [0.3, 0.4) is 0 Å². The van der Waals surface area contributed by atoms with Crippen LogP contribution < -0.4 is 5.32 Å². The molecule has 0 saturated carbocycles. The summed E-state index contributed by atoms with van der Waals surface area (Å²) in [6, 6.07) is 12.7. The minimum absolute atomic E-state index is 0.0207. The molecule has 2 heterocycles. The molecule has 7 nitrogen and oxygen atoms in total. The first-order valence-corrected chi connectivity index (χ1v) is 13.2. The highest BCUT2D eigenvalue weighted by molar-refractivity contribution is 7.89. The molecule has 0 unspecified atom stereocenters. The smallest absolute Gasteiger partial charge is 0.251 e. The second-order valence-electron chi connectivity index (χ2n) is 8.83. The Kier molecular flexibility index (Phi) is 7.71. The zero-order valence-electron chi connectivity index (χ0n) is 19.0. The second-order valence-corrected chi connectivity index (χ2v) is 11.1. The minimum atomic E-state index is -3.76. The molecule has 0 aliphatic carbocycles. The van der Waals surface area contributed by atoms with Gasteiger partial charge < -0.3 is 10.2 Å². The summed E-state index contributed by atoms with van der Waals surface area (Å²) in [5, 5.41) is 3.01. The number of carbonyl (C=O) groups excluding carboxylic acids is 1. The highest BCUT2D eigenvalue weighted by atomic mass is 35.5. The largest absolute Gasteiger partial charge is 0.348 e. The van der Waals surface area contributed by atoms with Crippen LogP contribution in [-0.2, 0) is 23.1 Å². The van der Waals surface area contributed by atoms with Gasteiger partial charge >= 0.3 is 0 Å². The lowest BCUT2D eigenvalue weighted by Crippen LogP contribution is -2.47. The van der Waals surface area contributed by atoms with Crippen LogP contribution in [0, 0.1) is 0 Å². The van der Waals surface area contributed by atoms with E-state index in [9.17, 15) is 13.2 Å². The van der Waals surface area contributed by atoms with Gasteiger partial charge in [0.1, 0.15) is 4.90 Å². The molecule has 2 aliphatic heterocycles. The molecule has 2 aromatic rings. The number of nitrogens with zero attached hydrogens (tertiary/aromatic N) is 3. The Morgan fingerprint density at radius 1 is 0.939 bits per heavy atom. The molecule has 2 fully saturated rings.